The third-order valence-corrected chi connectivity index (χ3v) is 7.32. The molecule has 1 aromatic carbocycles. The molecule has 34 heavy (non-hydrogen) atoms. The highest BCUT2D eigenvalue weighted by atomic mass is 32.1. The Morgan fingerprint density at radius 2 is 2.24 bits per heavy atom. The van der Waals surface area contributed by atoms with Crippen molar-refractivity contribution in [3.05, 3.63) is 35.1 Å². The Labute approximate surface area is 201 Å². The van der Waals surface area contributed by atoms with Gasteiger partial charge < -0.3 is 20.1 Å². The Kier molecular flexibility index (Phi) is 6.09. The molecule has 4 aromatic rings. The molecule has 1 unspecified atom stereocenters. The number of thiophene rings is 1. The third-order valence-electron chi connectivity index (χ3n) is 6.16. The number of hydrogen-bond acceptors (Lipinski definition) is 8. The highest BCUT2D eigenvalue weighted by Gasteiger charge is 2.30. The van der Waals surface area contributed by atoms with Crippen molar-refractivity contribution in [1.82, 2.24) is 25.1 Å². The molecule has 0 saturated heterocycles. The van der Waals surface area contributed by atoms with Gasteiger partial charge in [0.05, 0.1) is 35.5 Å². The van der Waals surface area contributed by atoms with Crippen molar-refractivity contribution >= 4 is 49.9 Å². The molecule has 0 saturated carbocycles. The topological polar surface area (TPSA) is 116 Å². The fourth-order valence-corrected chi connectivity index (χ4v) is 5.80. The fourth-order valence-electron chi connectivity index (χ4n) is 4.54. The minimum absolute atomic E-state index is 0.0127. The number of carbonyl (C=O) groups is 1. The van der Waals surface area contributed by atoms with Gasteiger partial charge in [0.2, 0.25) is 5.91 Å². The highest BCUT2D eigenvalue weighted by molar-refractivity contribution is 7.19. The summed E-state index contributed by atoms with van der Waals surface area (Å²) in [6, 6.07) is 3.96. The minimum atomic E-state index is -0.0731. The van der Waals surface area contributed by atoms with Gasteiger partial charge in [-0.2, -0.15) is 5.10 Å². The maximum atomic E-state index is 12.8. The largest absolute Gasteiger partial charge is 0.489 e. The van der Waals surface area contributed by atoms with Crippen LogP contribution in [-0.4, -0.2) is 62.4 Å². The Hall–Kier alpha value is -3.24. The van der Waals surface area contributed by atoms with E-state index in [0.717, 1.165) is 51.2 Å². The van der Waals surface area contributed by atoms with E-state index in [1.165, 1.54) is 10.4 Å². The molecule has 3 heterocycles. The summed E-state index contributed by atoms with van der Waals surface area (Å²) in [7, 11) is 1.75. The van der Waals surface area contributed by atoms with Crippen molar-refractivity contribution < 1.29 is 14.6 Å². The summed E-state index contributed by atoms with van der Waals surface area (Å²) in [6.07, 6.45) is 5.61. The number of carbonyl (C=O) groups excluding carboxylic acids is 1. The smallest absolute Gasteiger partial charge is 0.225 e. The highest BCUT2D eigenvalue weighted by Crippen LogP contribution is 2.42. The van der Waals surface area contributed by atoms with Crippen molar-refractivity contribution in [2.75, 3.05) is 25.5 Å². The Morgan fingerprint density at radius 3 is 3.03 bits per heavy atom. The molecule has 0 spiro atoms. The molecule has 178 valence electrons. The van der Waals surface area contributed by atoms with Crippen molar-refractivity contribution in [3.63, 3.8) is 0 Å². The van der Waals surface area contributed by atoms with Gasteiger partial charge in [0.15, 0.2) is 0 Å². The van der Waals surface area contributed by atoms with Crippen LogP contribution in [0.4, 0.5) is 11.5 Å². The average molecular weight is 481 g/mol. The number of ether oxygens (including phenoxy) is 1. The van der Waals surface area contributed by atoms with Gasteiger partial charge in [-0.25, -0.2) is 9.97 Å². The molecule has 1 atom stereocenters. The van der Waals surface area contributed by atoms with Gasteiger partial charge in [-0.3, -0.25) is 9.89 Å². The van der Waals surface area contributed by atoms with Gasteiger partial charge in [0.25, 0.3) is 0 Å². The summed E-state index contributed by atoms with van der Waals surface area (Å²) in [6.45, 7) is 4.32. The van der Waals surface area contributed by atoms with Gasteiger partial charge in [-0.15, -0.1) is 11.3 Å². The number of aliphatic hydroxyl groups is 1. The van der Waals surface area contributed by atoms with Crippen molar-refractivity contribution in [3.8, 4) is 5.75 Å². The van der Waals surface area contributed by atoms with Gasteiger partial charge in [-0.1, -0.05) is 0 Å². The number of anilines is 2. The first-order valence-electron chi connectivity index (χ1n) is 11.5. The number of nitrogens with one attached hydrogen (secondary N) is 2. The Bertz CT molecular complexity index is 1350. The Balaban J connectivity index is 1.49. The lowest BCUT2D eigenvalue weighted by molar-refractivity contribution is -0.135. The van der Waals surface area contributed by atoms with E-state index in [-0.39, 0.29) is 24.5 Å². The summed E-state index contributed by atoms with van der Waals surface area (Å²) in [5.74, 6) is 1.47. The maximum Gasteiger partial charge on any atom is 0.225 e. The van der Waals surface area contributed by atoms with Crippen LogP contribution in [0.2, 0.25) is 0 Å². The normalized spacial score (nSPS) is 15.6. The number of likely N-dealkylation sites (N-methyl/N-ethyl adjacent to an activating group) is 1. The van der Waals surface area contributed by atoms with E-state index in [1.54, 1.807) is 35.8 Å². The van der Waals surface area contributed by atoms with Gasteiger partial charge in [0.1, 0.15) is 22.7 Å². The number of rotatable bonds is 7. The second-order valence-electron chi connectivity index (χ2n) is 8.93. The lowest BCUT2D eigenvalue weighted by Crippen LogP contribution is -2.37. The summed E-state index contributed by atoms with van der Waals surface area (Å²) in [5, 5.41) is 21.8. The molecule has 0 bridgehead atoms. The summed E-state index contributed by atoms with van der Waals surface area (Å²) >= 11 is 1.63. The molecule has 1 aliphatic rings. The summed E-state index contributed by atoms with van der Waals surface area (Å²) in [5.41, 5.74) is 2.94. The second kappa shape index (κ2) is 9.19. The minimum Gasteiger partial charge on any atom is -0.489 e. The quantitative estimate of drug-likeness (QED) is 0.370. The number of fused-ring (bicyclic) bond motifs is 4. The summed E-state index contributed by atoms with van der Waals surface area (Å²) in [4.78, 5) is 25.6. The fraction of sp³-hybridized carbons (Fsp3) is 0.417. The van der Waals surface area contributed by atoms with Crippen molar-refractivity contribution in [1.29, 1.82) is 0 Å². The van der Waals surface area contributed by atoms with Crippen LogP contribution < -0.4 is 10.1 Å². The Morgan fingerprint density at radius 1 is 1.38 bits per heavy atom. The molecule has 3 N–H and O–H groups in total. The predicted octanol–water partition coefficient (Wildman–Crippen LogP) is 3.65. The summed E-state index contributed by atoms with van der Waals surface area (Å²) < 4.78 is 6.07. The van der Waals surface area contributed by atoms with Crippen LogP contribution in [0.25, 0.3) is 21.1 Å². The van der Waals surface area contributed by atoms with E-state index >= 15 is 0 Å². The lowest BCUT2D eigenvalue weighted by Gasteiger charge is -2.26. The standard InChI is InChI=1S/C24H28N6O3S/c1-13(2)33-19-10-17-15(11-27-29-17)8-18(19)28-22-21-16-5-4-14(24(32)30(3)6-7-31)9-20(16)34-23(21)26-12-25-22/h8,10-14,31H,4-7,9H2,1-3H3,(H,27,29)(H,25,26,28). The number of aryl methyl sites for hydroxylation is 1. The number of H-pyrrole nitrogens is 1. The lowest BCUT2D eigenvalue weighted by atomic mass is 9.87. The molecule has 9 nitrogen and oxygen atoms in total. The predicted molar refractivity (Wildman–Crippen MR) is 133 cm³/mol. The van der Waals surface area contributed by atoms with Crippen LogP contribution in [0, 0.1) is 5.92 Å². The molecule has 10 heteroatoms. The number of aromatic amines is 1. The van der Waals surface area contributed by atoms with Crippen LogP contribution >= 0.6 is 11.3 Å². The van der Waals surface area contributed by atoms with E-state index < -0.39 is 0 Å². The zero-order valence-electron chi connectivity index (χ0n) is 19.5. The molecule has 0 aliphatic heterocycles. The van der Waals surface area contributed by atoms with Crippen molar-refractivity contribution in [2.45, 2.75) is 39.2 Å². The van der Waals surface area contributed by atoms with Crippen LogP contribution in [0.15, 0.2) is 24.7 Å². The van der Waals surface area contributed by atoms with E-state index in [0.29, 0.717) is 13.0 Å². The first-order chi connectivity index (χ1) is 16.4. The van der Waals surface area contributed by atoms with E-state index in [2.05, 4.69) is 25.5 Å². The van der Waals surface area contributed by atoms with Crippen LogP contribution in [0.1, 0.15) is 30.7 Å². The molecule has 1 amide bonds. The second-order valence-corrected chi connectivity index (χ2v) is 10.0. The number of amides is 1. The zero-order chi connectivity index (χ0) is 23.8. The molecule has 1 aliphatic carbocycles. The van der Waals surface area contributed by atoms with Crippen LogP contribution in [0.3, 0.4) is 0 Å². The van der Waals surface area contributed by atoms with E-state index in [9.17, 15) is 9.90 Å². The number of nitrogens with zero attached hydrogens (tertiary/aromatic N) is 4. The molecule has 5 rings (SSSR count). The number of hydrogen-bond donors (Lipinski definition) is 3. The number of benzene rings is 1. The van der Waals surface area contributed by atoms with Crippen LogP contribution in [0.5, 0.6) is 5.75 Å². The monoisotopic (exact) mass is 480 g/mol. The molecular formula is C24H28N6O3S. The zero-order valence-corrected chi connectivity index (χ0v) is 20.3. The van der Waals surface area contributed by atoms with E-state index in [4.69, 9.17) is 4.74 Å². The van der Waals surface area contributed by atoms with Gasteiger partial charge in [-0.05, 0) is 44.7 Å². The van der Waals surface area contributed by atoms with Crippen LogP contribution in [-0.2, 0) is 17.6 Å². The van der Waals surface area contributed by atoms with E-state index in [1.807, 2.05) is 26.0 Å². The molecule has 0 fully saturated rings. The first-order valence-corrected chi connectivity index (χ1v) is 12.3. The molecular weight excluding hydrogens is 452 g/mol. The first kappa shape index (κ1) is 22.5. The number of aliphatic hydroxyl groups excluding tert-OH is 1. The molecule has 0 radical (unpaired) electrons. The van der Waals surface area contributed by atoms with Crippen molar-refractivity contribution in [2.24, 2.45) is 5.92 Å². The maximum absolute atomic E-state index is 12.8. The SMILES string of the molecule is CC(C)Oc1cc2[nH]ncc2cc1Nc1ncnc2sc3c(c12)CCC(C(=O)N(C)CCO)C3. The van der Waals surface area contributed by atoms with Gasteiger partial charge >= 0.3 is 0 Å². The third kappa shape index (κ3) is 4.19. The number of aromatic nitrogens is 4. The van der Waals surface area contributed by atoms with Gasteiger partial charge in [0, 0.05) is 35.8 Å². The molecule has 3 aromatic heterocycles. The average Bonchev–Trinajstić information content (AvgIpc) is 3.42.